The molecule has 0 amide bonds. The summed E-state index contributed by atoms with van der Waals surface area (Å²) in [5.74, 6) is 1.45. The van der Waals surface area contributed by atoms with Crippen molar-refractivity contribution in [3.63, 3.8) is 0 Å². The van der Waals surface area contributed by atoms with E-state index in [1.165, 1.54) is 0 Å². The van der Waals surface area contributed by atoms with E-state index in [9.17, 15) is 0 Å². The van der Waals surface area contributed by atoms with Gasteiger partial charge in [0.25, 0.3) is 0 Å². The molecular weight excluding hydrogens is 390 g/mol. The van der Waals surface area contributed by atoms with Gasteiger partial charge < -0.3 is 18.6 Å². The summed E-state index contributed by atoms with van der Waals surface area (Å²) in [5, 5.41) is 9.68. The third-order valence-electron chi connectivity index (χ3n) is 5.78. The van der Waals surface area contributed by atoms with E-state index in [1.54, 1.807) is 26.7 Å². The predicted octanol–water partition coefficient (Wildman–Crippen LogP) is 3.64. The van der Waals surface area contributed by atoms with Crippen LogP contribution in [0.4, 0.5) is 0 Å². The van der Waals surface area contributed by atoms with E-state index in [2.05, 4.69) is 29.5 Å². The number of pyridine rings is 1. The molecule has 0 fully saturated rings. The molecule has 1 N–H and O–H groups in total. The molecule has 7 heteroatoms. The van der Waals surface area contributed by atoms with Crippen molar-refractivity contribution in [1.82, 2.24) is 19.1 Å². The van der Waals surface area contributed by atoms with E-state index in [0.29, 0.717) is 12.0 Å². The number of aromatic nitrogens is 4. The van der Waals surface area contributed by atoms with E-state index in [4.69, 9.17) is 19.9 Å². The number of fused-ring (bicyclic) bond motifs is 1. The van der Waals surface area contributed by atoms with Crippen LogP contribution in [0, 0.1) is 19.3 Å². The van der Waals surface area contributed by atoms with Crippen molar-refractivity contribution in [2.75, 3.05) is 14.2 Å². The number of hydrogen-bond donors (Lipinski definition) is 1. The van der Waals surface area contributed by atoms with Gasteiger partial charge >= 0.3 is 0 Å². The van der Waals surface area contributed by atoms with Crippen molar-refractivity contribution < 1.29 is 9.47 Å². The van der Waals surface area contributed by atoms with E-state index in [1.807, 2.05) is 34.9 Å². The van der Waals surface area contributed by atoms with E-state index in [-0.39, 0.29) is 0 Å². The van der Waals surface area contributed by atoms with E-state index < -0.39 is 0 Å². The van der Waals surface area contributed by atoms with Crippen LogP contribution >= 0.6 is 0 Å². The smallest absolute Gasteiger partial charge is 0.160 e. The zero-order chi connectivity index (χ0) is 22.0. The number of benzene rings is 1. The molecule has 0 unspecified atom stereocenters. The maximum atomic E-state index is 8.79. The van der Waals surface area contributed by atoms with Crippen LogP contribution < -0.4 is 15.0 Å². The molecule has 31 heavy (non-hydrogen) atoms. The second-order valence-electron chi connectivity index (χ2n) is 7.54. The lowest BCUT2D eigenvalue weighted by molar-refractivity contribution is 0.354. The van der Waals surface area contributed by atoms with Crippen LogP contribution in [-0.2, 0) is 19.5 Å². The SMILES string of the molecule is COc1ccc(CCn2c(C)c(C)c3c(=N)n(Cc4ccccn4)cnc32)cc1OC. The Kier molecular flexibility index (Phi) is 5.75. The Morgan fingerprint density at radius 2 is 1.81 bits per heavy atom. The highest BCUT2D eigenvalue weighted by atomic mass is 16.5. The molecule has 0 bridgehead atoms. The second kappa shape index (κ2) is 8.63. The Morgan fingerprint density at radius 1 is 1.00 bits per heavy atom. The van der Waals surface area contributed by atoms with Crippen LogP contribution in [-0.4, -0.2) is 33.3 Å². The standard InChI is InChI=1S/C24H27N5O2/c1-16-17(2)29(12-10-18-8-9-20(30-3)21(13-18)31-4)24-22(16)23(25)28(15-27-24)14-19-7-5-6-11-26-19/h5-9,11,13,15,25H,10,12,14H2,1-4H3. The molecule has 0 atom stereocenters. The second-order valence-corrected chi connectivity index (χ2v) is 7.54. The molecule has 7 nitrogen and oxygen atoms in total. The predicted molar refractivity (Wildman–Crippen MR) is 120 cm³/mol. The fourth-order valence-corrected chi connectivity index (χ4v) is 3.93. The minimum absolute atomic E-state index is 0.459. The van der Waals surface area contributed by atoms with Crippen LogP contribution in [0.1, 0.15) is 22.5 Å². The van der Waals surface area contributed by atoms with Crippen molar-refractivity contribution in [3.05, 3.63) is 76.9 Å². The van der Waals surface area contributed by atoms with Gasteiger partial charge in [-0.1, -0.05) is 12.1 Å². The van der Waals surface area contributed by atoms with E-state index >= 15 is 0 Å². The van der Waals surface area contributed by atoms with Crippen molar-refractivity contribution >= 4 is 11.0 Å². The molecule has 0 aliphatic carbocycles. The largest absolute Gasteiger partial charge is 0.493 e. The zero-order valence-corrected chi connectivity index (χ0v) is 18.3. The number of methoxy groups -OCH3 is 2. The van der Waals surface area contributed by atoms with Gasteiger partial charge in [0.05, 0.1) is 38.2 Å². The van der Waals surface area contributed by atoms with Crippen LogP contribution in [0.5, 0.6) is 11.5 Å². The molecular formula is C24H27N5O2. The van der Waals surface area contributed by atoms with Gasteiger partial charge in [-0.2, -0.15) is 0 Å². The van der Waals surface area contributed by atoms with Crippen molar-refractivity contribution in [2.24, 2.45) is 0 Å². The quantitative estimate of drug-likeness (QED) is 0.498. The van der Waals surface area contributed by atoms with Crippen molar-refractivity contribution in [1.29, 1.82) is 5.41 Å². The van der Waals surface area contributed by atoms with E-state index in [0.717, 1.165) is 58.0 Å². The maximum Gasteiger partial charge on any atom is 0.160 e. The normalized spacial score (nSPS) is 11.1. The molecule has 4 aromatic rings. The minimum Gasteiger partial charge on any atom is -0.493 e. The van der Waals surface area contributed by atoms with Crippen molar-refractivity contribution in [2.45, 2.75) is 33.4 Å². The van der Waals surface area contributed by atoms with Crippen molar-refractivity contribution in [3.8, 4) is 11.5 Å². The van der Waals surface area contributed by atoms with Gasteiger partial charge in [0, 0.05) is 18.4 Å². The first-order chi connectivity index (χ1) is 15.0. The van der Waals surface area contributed by atoms with Gasteiger partial charge in [-0.05, 0) is 55.7 Å². The first kappa shape index (κ1) is 20.7. The van der Waals surface area contributed by atoms with Gasteiger partial charge in [-0.15, -0.1) is 0 Å². The fraction of sp³-hybridized carbons (Fsp3) is 0.292. The Morgan fingerprint density at radius 3 is 2.52 bits per heavy atom. The molecule has 160 valence electrons. The summed E-state index contributed by atoms with van der Waals surface area (Å²) in [7, 11) is 3.29. The maximum absolute atomic E-state index is 8.79. The average molecular weight is 418 g/mol. The monoisotopic (exact) mass is 417 g/mol. The first-order valence-corrected chi connectivity index (χ1v) is 10.2. The lowest BCUT2D eigenvalue weighted by atomic mass is 10.1. The lowest BCUT2D eigenvalue weighted by Crippen LogP contribution is -2.22. The summed E-state index contributed by atoms with van der Waals surface area (Å²) in [6.07, 6.45) is 4.33. The topological polar surface area (TPSA) is 78.0 Å². The molecule has 4 rings (SSSR count). The zero-order valence-electron chi connectivity index (χ0n) is 18.3. The number of nitrogens with zero attached hydrogens (tertiary/aromatic N) is 4. The van der Waals surface area contributed by atoms with Gasteiger partial charge in [-0.3, -0.25) is 10.4 Å². The number of nitrogens with one attached hydrogen (secondary N) is 1. The molecule has 0 radical (unpaired) electrons. The Balaban J connectivity index is 1.65. The molecule has 1 aromatic carbocycles. The molecule has 3 heterocycles. The van der Waals surface area contributed by atoms with Gasteiger partial charge in [-0.25, -0.2) is 4.98 Å². The number of ether oxygens (including phenoxy) is 2. The van der Waals surface area contributed by atoms with Crippen LogP contribution in [0.15, 0.2) is 48.9 Å². The number of rotatable bonds is 7. The summed E-state index contributed by atoms with van der Waals surface area (Å²) in [4.78, 5) is 9.10. The Hall–Kier alpha value is -3.61. The molecule has 0 spiro atoms. The number of hydrogen-bond acceptors (Lipinski definition) is 5. The summed E-state index contributed by atoms with van der Waals surface area (Å²) in [5.41, 5.74) is 5.59. The highest BCUT2D eigenvalue weighted by molar-refractivity contribution is 5.80. The summed E-state index contributed by atoms with van der Waals surface area (Å²) in [6.45, 7) is 5.45. The molecule has 3 aromatic heterocycles. The van der Waals surface area contributed by atoms with Gasteiger partial charge in [0.15, 0.2) is 11.5 Å². The molecule has 0 saturated heterocycles. The molecule has 0 saturated carbocycles. The highest BCUT2D eigenvalue weighted by Gasteiger charge is 2.16. The fourth-order valence-electron chi connectivity index (χ4n) is 3.93. The van der Waals surface area contributed by atoms with Crippen LogP contribution in [0.25, 0.3) is 11.0 Å². The van der Waals surface area contributed by atoms with Gasteiger partial charge in [0.1, 0.15) is 11.1 Å². The van der Waals surface area contributed by atoms with Crippen LogP contribution in [0.3, 0.4) is 0 Å². The number of aryl methyl sites for hydroxylation is 3. The Bertz CT molecular complexity index is 1270. The summed E-state index contributed by atoms with van der Waals surface area (Å²) >= 11 is 0. The first-order valence-electron chi connectivity index (χ1n) is 10.2. The third-order valence-corrected chi connectivity index (χ3v) is 5.78. The highest BCUT2D eigenvalue weighted by Crippen LogP contribution is 2.28. The lowest BCUT2D eigenvalue weighted by Gasteiger charge is -2.12. The minimum atomic E-state index is 0.459. The summed E-state index contributed by atoms with van der Waals surface area (Å²) in [6, 6.07) is 11.8. The average Bonchev–Trinajstić information content (AvgIpc) is 3.04. The third kappa shape index (κ3) is 3.91. The Labute approximate surface area is 181 Å². The summed E-state index contributed by atoms with van der Waals surface area (Å²) < 4.78 is 14.8. The van der Waals surface area contributed by atoms with Gasteiger partial charge in [0.2, 0.25) is 0 Å². The van der Waals surface area contributed by atoms with Crippen LogP contribution in [0.2, 0.25) is 0 Å². The molecule has 0 aliphatic rings. The molecule has 0 aliphatic heterocycles.